The summed E-state index contributed by atoms with van der Waals surface area (Å²) < 4.78 is 5.42. The highest BCUT2D eigenvalue weighted by atomic mass is 16.5. The van der Waals surface area contributed by atoms with E-state index in [1.807, 2.05) is 0 Å². The molecule has 0 aromatic heterocycles. The van der Waals surface area contributed by atoms with Gasteiger partial charge in [-0.15, -0.1) is 0 Å². The van der Waals surface area contributed by atoms with Crippen molar-refractivity contribution in [2.45, 2.75) is 50.7 Å². The van der Waals surface area contributed by atoms with E-state index in [2.05, 4.69) is 11.4 Å². The number of nitriles is 1. The Hall–Kier alpha value is -1.08. The van der Waals surface area contributed by atoms with Gasteiger partial charge in [-0.25, -0.2) is 0 Å². The molecule has 0 aromatic rings. The second-order valence-electron chi connectivity index (χ2n) is 4.64. The lowest BCUT2D eigenvalue weighted by atomic mass is 10.0. The second-order valence-corrected chi connectivity index (χ2v) is 4.64. The molecule has 1 saturated heterocycles. The fourth-order valence-corrected chi connectivity index (χ4v) is 2.51. The van der Waals surface area contributed by atoms with Gasteiger partial charge in [0, 0.05) is 12.6 Å². The summed E-state index contributed by atoms with van der Waals surface area (Å²) in [6, 6.07) is 2.31. The van der Waals surface area contributed by atoms with Crippen molar-refractivity contribution in [3.05, 3.63) is 0 Å². The number of amides is 1. The average molecular weight is 222 g/mol. The van der Waals surface area contributed by atoms with Crippen molar-refractivity contribution in [1.82, 2.24) is 5.32 Å². The van der Waals surface area contributed by atoms with E-state index < -0.39 is 0 Å². The SMILES string of the molecule is N#CC1CCCC1NC(=O)C1CCCCO1. The van der Waals surface area contributed by atoms with Crippen molar-refractivity contribution in [2.75, 3.05) is 6.61 Å². The number of hydrogen-bond acceptors (Lipinski definition) is 3. The molecule has 2 fully saturated rings. The third kappa shape index (κ3) is 2.53. The van der Waals surface area contributed by atoms with E-state index in [0.29, 0.717) is 6.61 Å². The van der Waals surface area contributed by atoms with Crippen LogP contribution in [0.15, 0.2) is 0 Å². The average Bonchev–Trinajstić information content (AvgIpc) is 2.77. The van der Waals surface area contributed by atoms with Crippen LogP contribution >= 0.6 is 0 Å². The van der Waals surface area contributed by atoms with Gasteiger partial charge in [0.05, 0.1) is 12.0 Å². The molecule has 3 unspecified atom stereocenters. The lowest BCUT2D eigenvalue weighted by Gasteiger charge is -2.24. The molecule has 1 heterocycles. The van der Waals surface area contributed by atoms with E-state index >= 15 is 0 Å². The zero-order valence-corrected chi connectivity index (χ0v) is 9.45. The topological polar surface area (TPSA) is 62.1 Å². The number of ether oxygens (including phenoxy) is 1. The molecule has 88 valence electrons. The summed E-state index contributed by atoms with van der Waals surface area (Å²) in [6.45, 7) is 0.685. The Morgan fingerprint density at radius 3 is 2.81 bits per heavy atom. The van der Waals surface area contributed by atoms with Crippen molar-refractivity contribution >= 4 is 5.91 Å². The van der Waals surface area contributed by atoms with Crippen LogP contribution < -0.4 is 5.32 Å². The van der Waals surface area contributed by atoms with Crippen molar-refractivity contribution in [2.24, 2.45) is 5.92 Å². The summed E-state index contributed by atoms with van der Waals surface area (Å²) in [5.41, 5.74) is 0. The number of carbonyl (C=O) groups is 1. The van der Waals surface area contributed by atoms with Crippen LogP contribution in [0.25, 0.3) is 0 Å². The van der Waals surface area contributed by atoms with Crippen LogP contribution in [0.4, 0.5) is 0 Å². The van der Waals surface area contributed by atoms with Gasteiger partial charge in [-0.3, -0.25) is 4.79 Å². The smallest absolute Gasteiger partial charge is 0.249 e. The number of nitrogens with zero attached hydrogens (tertiary/aromatic N) is 1. The monoisotopic (exact) mass is 222 g/mol. The van der Waals surface area contributed by atoms with E-state index in [1.54, 1.807) is 0 Å². The molecule has 1 saturated carbocycles. The molecule has 0 spiro atoms. The Kier molecular flexibility index (Phi) is 3.79. The Balaban J connectivity index is 1.84. The van der Waals surface area contributed by atoms with E-state index in [0.717, 1.165) is 38.5 Å². The van der Waals surface area contributed by atoms with Crippen LogP contribution in [0.1, 0.15) is 38.5 Å². The minimum absolute atomic E-state index is 0.00691. The molecule has 2 aliphatic rings. The van der Waals surface area contributed by atoms with Gasteiger partial charge in [0.1, 0.15) is 6.10 Å². The van der Waals surface area contributed by atoms with E-state index in [-0.39, 0.29) is 24.0 Å². The summed E-state index contributed by atoms with van der Waals surface area (Å²) in [5, 5.41) is 11.9. The third-order valence-corrected chi connectivity index (χ3v) is 3.48. The predicted octanol–water partition coefficient (Wildman–Crippen LogP) is 1.36. The Bertz CT molecular complexity index is 292. The Morgan fingerprint density at radius 2 is 2.12 bits per heavy atom. The van der Waals surface area contributed by atoms with Gasteiger partial charge in [0.15, 0.2) is 0 Å². The molecule has 1 aliphatic carbocycles. The largest absolute Gasteiger partial charge is 0.368 e. The van der Waals surface area contributed by atoms with Crippen molar-refractivity contribution in [3.63, 3.8) is 0 Å². The van der Waals surface area contributed by atoms with E-state index in [4.69, 9.17) is 10.00 Å². The van der Waals surface area contributed by atoms with Gasteiger partial charge >= 0.3 is 0 Å². The molecule has 1 amide bonds. The highest BCUT2D eigenvalue weighted by molar-refractivity contribution is 5.81. The summed E-state index contributed by atoms with van der Waals surface area (Å²) in [4.78, 5) is 11.9. The quantitative estimate of drug-likeness (QED) is 0.767. The fraction of sp³-hybridized carbons (Fsp3) is 0.833. The first kappa shape index (κ1) is 11.4. The number of carbonyl (C=O) groups excluding carboxylic acids is 1. The first-order valence-corrected chi connectivity index (χ1v) is 6.13. The molecule has 0 bridgehead atoms. The van der Waals surface area contributed by atoms with Crippen LogP contribution in [-0.2, 0) is 9.53 Å². The first-order valence-electron chi connectivity index (χ1n) is 6.13. The van der Waals surface area contributed by atoms with Crippen LogP contribution in [0.3, 0.4) is 0 Å². The molecule has 0 radical (unpaired) electrons. The zero-order valence-electron chi connectivity index (χ0n) is 9.45. The minimum Gasteiger partial charge on any atom is -0.368 e. The molecule has 2 rings (SSSR count). The maximum absolute atomic E-state index is 11.9. The van der Waals surface area contributed by atoms with Crippen LogP contribution in [-0.4, -0.2) is 24.7 Å². The van der Waals surface area contributed by atoms with Crippen LogP contribution in [0.2, 0.25) is 0 Å². The van der Waals surface area contributed by atoms with Gasteiger partial charge in [-0.1, -0.05) is 0 Å². The summed E-state index contributed by atoms with van der Waals surface area (Å²) >= 11 is 0. The van der Waals surface area contributed by atoms with Gasteiger partial charge in [0.2, 0.25) is 5.91 Å². The molecule has 4 nitrogen and oxygen atoms in total. The number of nitrogens with one attached hydrogen (secondary N) is 1. The lowest BCUT2D eigenvalue weighted by Crippen LogP contribution is -2.44. The maximum atomic E-state index is 11.9. The maximum Gasteiger partial charge on any atom is 0.249 e. The first-order chi connectivity index (χ1) is 7.81. The summed E-state index contributed by atoms with van der Waals surface area (Å²) in [7, 11) is 0. The second kappa shape index (κ2) is 5.31. The minimum atomic E-state index is -0.284. The van der Waals surface area contributed by atoms with Crippen LogP contribution in [0, 0.1) is 17.2 Å². The highest BCUT2D eigenvalue weighted by Crippen LogP contribution is 2.25. The molecule has 3 atom stereocenters. The predicted molar refractivity (Wildman–Crippen MR) is 58.5 cm³/mol. The van der Waals surface area contributed by atoms with Crippen molar-refractivity contribution in [3.8, 4) is 6.07 Å². The van der Waals surface area contributed by atoms with Crippen molar-refractivity contribution < 1.29 is 9.53 Å². The van der Waals surface area contributed by atoms with Crippen LogP contribution in [0.5, 0.6) is 0 Å². The fourth-order valence-electron chi connectivity index (χ4n) is 2.51. The molecular weight excluding hydrogens is 204 g/mol. The van der Waals surface area contributed by atoms with Gasteiger partial charge in [-0.2, -0.15) is 5.26 Å². The molecule has 16 heavy (non-hydrogen) atoms. The standard InChI is InChI=1S/C12H18N2O2/c13-8-9-4-3-5-10(9)14-12(15)11-6-1-2-7-16-11/h9-11H,1-7H2,(H,14,15). The van der Waals surface area contributed by atoms with Gasteiger partial charge in [0.25, 0.3) is 0 Å². The molecule has 1 aliphatic heterocycles. The van der Waals surface area contributed by atoms with Gasteiger partial charge < -0.3 is 10.1 Å². The molecule has 0 aromatic carbocycles. The van der Waals surface area contributed by atoms with Gasteiger partial charge in [-0.05, 0) is 38.5 Å². The Labute approximate surface area is 96.0 Å². The lowest BCUT2D eigenvalue weighted by molar-refractivity contribution is -0.136. The number of hydrogen-bond donors (Lipinski definition) is 1. The Morgan fingerprint density at radius 1 is 1.25 bits per heavy atom. The molecule has 4 heteroatoms. The zero-order chi connectivity index (χ0) is 11.4. The molecule has 1 N–H and O–H groups in total. The number of rotatable bonds is 2. The third-order valence-electron chi connectivity index (χ3n) is 3.48. The van der Waals surface area contributed by atoms with E-state index in [1.165, 1.54) is 0 Å². The summed E-state index contributed by atoms with van der Waals surface area (Å²) in [5.74, 6) is -0.0283. The normalized spacial score (nSPS) is 34.3. The molecular formula is C12H18N2O2. The highest BCUT2D eigenvalue weighted by Gasteiger charge is 2.31. The van der Waals surface area contributed by atoms with E-state index in [9.17, 15) is 4.79 Å². The summed E-state index contributed by atoms with van der Waals surface area (Å²) in [6.07, 6.45) is 5.51. The van der Waals surface area contributed by atoms with Crippen molar-refractivity contribution in [1.29, 1.82) is 5.26 Å².